The molecule has 0 spiro atoms. The van der Waals surface area contributed by atoms with Gasteiger partial charge in [0.15, 0.2) is 5.50 Å². The molecule has 0 aliphatic carbocycles. The monoisotopic (exact) mass is 265 g/mol. The summed E-state index contributed by atoms with van der Waals surface area (Å²) in [6, 6.07) is 7.29. The number of hydrogen-bond donors (Lipinski definition) is 2. The van der Waals surface area contributed by atoms with Gasteiger partial charge in [-0.05, 0) is 0 Å². The van der Waals surface area contributed by atoms with Crippen molar-refractivity contribution in [3.63, 3.8) is 0 Å². The SMILES string of the molecule is C=CCN=C1NN(C(=O)O)C(Cl)c2ccccc21. The largest absolute Gasteiger partial charge is 0.464 e. The number of nitrogens with one attached hydrogen (secondary N) is 1. The van der Waals surface area contributed by atoms with E-state index in [4.69, 9.17) is 16.7 Å². The fraction of sp³-hybridized carbons (Fsp3) is 0.167. The van der Waals surface area contributed by atoms with Gasteiger partial charge in [-0.15, -0.1) is 6.58 Å². The molecule has 5 nitrogen and oxygen atoms in total. The molecule has 6 heteroatoms. The molecule has 94 valence electrons. The van der Waals surface area contributed by atoms with Gasteiger partial charge in [0.1, 0.15) is 5.84 Å². The van der Waals surface area contributed by atoms with E-state index in [2.05, 4.69) is 17.0 Å². The molecule has 1 atom stereocenters. The van der Waals surface area contributed by atoms with Crippen LogP contribution in [0.4, 0.5) is 4.79 Å². The van der Waals surface area contributed by atoms with Crippen LogP contribution in [0.1, 0.15) is 16.6 Å². The van der Waals surface area contributed by atoms with Crippen molar-refractivity contribution in [3.05, 3.63) is 48.0 Å². The van der Waals surface area contributed by atoms with Crippen molar-refractivity contribution in [2.24, 2.45) is 4.99 Å². The Hall–Kier alpha value is -2.01. The lowest BCUT2D eigenvalue weighted by Gasteiger charge is -2.33. The van der Waals surface area contributed by atoms with Gasteiger partial charge < -0.3 is 5.11 Å². The van der Waals surface area contributed by atoms with E-state index >= 15 is 0 Å². The molecule has 0 saturated heterocycles. The van der Waals surface area contributed by atoms with E-state index in [0.29, 0.717) is 17.9 Å². The summed E-state index contributed by atoms with van der Waals surface area (Å²) in [5.74, 6) is 0.477. The number of amides is 1. The standard InChI is InChI=1S/C12H12ClN3O2/c1-2-7-14-11-9-6-4-3-5-8(9)10(13)16(15-11)12(17)18/h2-6,10H,1,7H2,(H,14,15)(H,17,18). The van der Waals surface area contributed by atoms with Crippen LogP contribution in [0.2, 0.25) is 0 Å². The lowest BCUT2D eigenvalue weighted by Crippen LogP contribution is -2.50. The number of nitrogens with zero attached hydrogens (tertiary/aromatic N) is 2. The molecule has 2 rings (SSSR count). The quantitative estimate of drug-likeness (QED) is 0.490. The molecule has 1 unspecified atom stereocenters. The molecule has 0 fully saturated rings. The summed E-state index contributed by atoms with van der Waals surface area (Å²) < 4.78 is 0. The number of hydrogen-bond acceptors (Lipinski definition) is 2. The van der Waals surface area contributed by atoms with E-state index in [1.54, 1.807) is 12.1 Å². The molecular formula is C12H12ClN3O2. The number of carboxylic acid groups (broad SMARTS) is 1. The van der Waals surface area contributed by atoms with Crippen LogP contribution in [0.15, 0.2) is 41.9 Å². The second kappa shape index (κ2) is 5.10. The van der Waals surface area contributed by atoms with Crippen LogP contribution in [-0.2, 0) is 0 Å². The lowest BCUT2D eigenvalue weighted by molar-refractivity contribution is 0.125. The minimum atomic E-state index is -1.16. The number of benzene rings is 1. The number of fused-ring (bicyclic) bond motifs is 1. The highest BCUT2D eigenvalue weighted by atomic mass is 35.5. The Labute approximate surface area is 109 Å². The predicted molar refractivity (Wildman–Crippen MR) is 69.6 cm³/mol. The van der Waals surface area contributed by atoms with Crippen LogP contribution < -0.4 is 5.43 Å². The first-order valence-corrected chi connectivity index (χ1v) is 5.76. The van der Waals surface area contributed by atoms with Crippen molar-refractivity contribution >= 4 is 23.5 Å². The highest BCUT2D eigenvalue weighted by Crippen LogP contribution is 2.30. The van der Waals surface area contributed by atoms with Gasteiger partial charge in [0.25, 0.3) is 0 Å². The predicted octanol–water partition coefficient (Wildman–Crippen LogP) is 2.35. The third-order valence-electron chi connectivity index (χ3n) is 2.51. The molecule has 1 aliphatic rings. The molecule has 2 N–H and O–H groups in total. The molecular weight excluding hydrogens is 254 g/mol. The van der Waals surface area contributed by atoms with E-state index in [9.17, 15) is 4.79 Å². The molecule has 1 heterocycles. The molecule has 1 amide bonds. The minimum Gasteiger partial charge on any atom is -0.464 e. The number of rotatable bonds is 2. The third kappa shape index (κ3) is 2.17. The van der Waals surface area contributed by atoms with Crippen LogP contribution in [-0.4, -0.2) is 28.6 Å². The average Bonchev–Trinajstić information content (AvgIpc) is 2.38. The Morgan fingerprint density at radius 3 is 3.00 bits per heavy atom. The lowest BCUT2D eigenvalue weighted by atomic mass is 10.0. The fourth-order valence-electron chi connectivity index (χ4n) is 1.71. The Kier molecular flexibility index (Phi) is 3.53. The number of amidine groups is 1. The summed E-state index contributed by atoms with van der Waals surface area (Å²) in [7, 11) is 0. The van der Waals surface area contributed by atoms with E-state index in [-0.39, 0.29) is 0 Å². The van der Waals surface area contributed by atoms with E-state index in [1.165, 1.54) is 0 Å². The number of alkyl halides is 1. The maximum Gasteiger partial charge on any atom is 0.427 e. The summed E-state index contributed by atoms with van der Waals surface area (Å²) in [6.45, 7) is 3.98. The van der Waals surface area contributed by atoms with Crippen molar-refractivity contribution in [1.82, 2.24) is 10.4 Å². The topological polar surface area (TPSA) is 64.9 Å². The van der Waals surface area contributed by atoms with Crippen molar-refractivity contribution < 1.29 is 9.90 Å². The molecule has 0 radical (unpaired) electrons. The van der Waals surface area contributed by atoms with Crippen molar-refractivity contribution in [2.75, 3.05) is 6.54 Å². The molecule has 1 aromatic rings. The highest BCUT2D eigenvalue weighted by Gasteiger charge is 2.32. The molecule has 0 saturated carbocycles. The zero-order chi connectivity index (χ0) is 13.1. The maximum absolute atomic E-state index is 11.1. The van der Waals surface area contributed by atoms with Gasteiger partial charge in [-0.25, -0.2) is 4.79 Å². The Balaban J connectivity index is 2.47. The van der Waals surface area contributed by atoms with Gasteiger partial charge in [-0.1, -0.05) is 41.9 Å². The zero-order valence-electron chi connectivity index (χ0n) is 9.51. The molecule has 0 bridgehead atoms. The molecule has 1 aliphatic heterocycles. The van der Waals surface area contributed by atoms with Crippen LogP contribution in [0.5, 0.6) is 0 Å². The molecule has 0 aromatic heterocycles. The zero-order valence-corrected chi connectivity index (χ0v) is 10.3. The first-order chi connectivity index (χ1) is 8.65. The van der Waals surface area contributed by atoms with Gasteiger partial charge >= 0.3 is 6.09 Å². The van der Waals surface area contributed by atoms with Crippen molar-refractivity contribution in [1.29, 1.82) is 0 Å². The Morgan fingerprint density at radius 2 is 2.33 bits per heavy atom. The second-order valence-corrected chi connectivity index (χ2v) is 4.08. The van der Waals surface area contributed by atoms with Crippen molar-refractivity contribution in [3.8, 4) is 0 Å². The number of carbonyl (C=O) groups is 1. The number of halogens is 1. The normalized spacial score (nSPS) is 20.2. The Bertz CT molecular complexity index is 516. The van der Waals surface area contributed by atoms with Crippen LogP contribution in [0, 0.1) is 0 Å². The van der Waals surface area contributed by atoms with Crippen molar-refractivity contribution in [2.45, 2.75) is 5.50 Å². The number of aliphatic imine (C=N–C) groups is 1. The summed E-state index contributed by atoms with van der Waals surface area (Å²) in [5, 5.41) is 10.0. The summed E-state index contributed by atoms with van der Waals surface area (Å²) in [6.07, 6.45) is 0.477. The van der Waals surface area contributed by atoms with Crippen LogP contribution >= 0.6 is 11.6 Å². The second-order valence-electron chi connectivity index (χ2n) is 3.67. The summed E-state index contributed by atoms with van der Waals surface area (Å²) in [4.78, 5) is 15.3. The van der Waals surface area contributed by atoms with E-state index in [1.807, 2.05) is 18.2 Å². The number of hydrazine groups is 1. The van der Waals surface area contributed by atoms with Gasteiger partial charge in [0.05, 0.1) is 6.54 Å². The maximum atomic E-state index is 11.1. The highest BCUT2D eigenvalue weighted by molar-refractivity contribution is 6.23. The van der Waals surface area contributed by atoms with E-state index < -0.39 is 11.6 Å². The van der Waals surface area contributed by atoms with E-state index in [0.717, 1.165) is 10.6 Å². The first kappa shape index (κ1) is 12.4. The first-order valence-electron chi connectivity index (χ1n) is 5.32. The van der Waals surface area contributed by atoms with Gasteiger partial charge in [0, 0.05) is 11.1 Å². The molecule has 18 heavy (non-hydrogen) atoms. The van der Waals surface area contributed by atoms with Gasteiger partial charge in [-0.3, -0.25) is 10.4 Å². The average molecular weight is 266 g/mol. The summed E-state index contributed by atoms with van der Waals surface area (Å²) >= 11 is 6.11. The third-order valence-corrected chi connectivity index (χ3v) is 2.94. The van der Waals surface area contributed by atoms with Crippen LogP contribution in [0.25, 0.3) is 0 Å². The Morgan fingerprint density at radius 1 is 1.61 bits per heavy atom. The molecule has 1 aromatic carbocycles. The van der Waals surface area contributed by atoms with Crippen LogP contribution in [0.3, 0.4) is 0 Å². The summed E-state index contributed by atoms with van der Waals surface area (Å²) in [5.41, 5.74) is 3.44. The smallest absolute Gasteiger partial charge is 0.427 e. The van der Waals surface area contributed by atoms with Gasteiger partial charge in [0.2, 0.25) is 0 Å². The minimum absolute atomic E-state index is 0.400. The van der Waals surface area contributed by atoms with Gasteiger partial charge in [-0.2, -0.15) is 5.01 Å². The fourth-order valence-corrected chi connectivity index (χ4v) is 2.03.